The number of carbonyl (C=O) groups excluding carboxylic acids is 2. The molecule has 46 heavy (non-hydrogen) atoms. The van der Waals surface area contributed by atoms with Crippen molar-refractivity contribution >= 4 is 84.4 Å². The first-order valence-electron chi connectivity index (χ1n) is 14.5. The Hall–Kier alpha value is -3.06. The summed E-state index contributed by atoms with van der Waals surface area (Å²) in [5.41, 5.74) is 13.1. The topological polar surface area (TPSA) is 166 Å². The van der Waals surface area contributed by atoms with Crippen molar-refractivity contribution in [3.63, 3.8) is 0 Å². The van der Waals surface area contributed by atoms with Crippen LogP contribution in [-0.4, -0.2) is 76.7 Å². The van der Waals surface area contributed by atoms with E-state index in [1.807, 2.05) is 0 Å². The van der Waals surface area contributed by atoms with Crippen LogP contribution in [0.2, 0.25) is 0 Å². The number of hydrogen-bond acceptors (Lipinski definition) is 12. The molecule has 4 aromatic rings. The normalized spacial score (nSPS) is 16.1. The van der Waals surface area contributed by atoms with E-state index < -0.39 is 6.04 Å². The maximum absolute atomic E-state index is 11.7. The van der Waals surface area contributed by atoms with Gasteiger partial charge in [-0.2, -0.15) is 17.9 Å². The summed E-state index contributed by atoms with van der Waals surface area (Å²) >= 11 is 8.63. The van der Waals surface area contributed by atoms with Gasteiger partial charge in [0.05, 0.1) is 26.5 Å². The molecule has 0 unspecified atom stereocenters. The highest BCUT2D eigenvalue weighted by Gasteiger charge is 2.27. The summed E-state index contributed by atoms with van der Waals surface area (Å²) in [4.78, 5) is 35.6. The Morgan fingerprint density at radius 3 is 2.02 bits per heavy atom. The molecule has 5 N–H and O–H groups in total. The number of aliphatic hydroxyl groups is 1. The third kappa shape index (κ3) is 8.84. The van der Waals surface area contributed by atoms with Crippen LogP contribution in [0.5, 0.6) is 0 Å². The van der Waals surface area contributed by atoms with E-state index in [9.17, 15) is 9.59 Å². The Morgan fingerprint density at radius 1 is 0.978 bits per heavy atom. The lowest BCUT2D eigenvalue weighted by atomic mass is 10.1. The van der Waals surface area contributed by atoms with Crippen molar-refractivity contribution in [1.29, 1.82) is 5.26 Å². The van der Waals surface area contributed by atoms with Gasteiger partial charge in [-0.25, -0.2) is 9.97 Å². The predicted octanol–water partition coefficient (Wildman–Crippen LogP) is 4.28. The standard InChI is InChI=1S/C15H15N3OS2.C11H8N2S.C4H10N2OS.CH4O.CH4/c1-16-13(19)11-7-20-14(18-11)15-17-10-5-8-3-2-4-9(8)6-12(10)21-15;12-6-11-13-9-4-7-2-1-3-8(7)5-10(9)14-11;1-6-4(7)3(5)2-8;1-2;/h5-6,11H,2-4,7H2,1H3,(H,16,19);4-5H,1-3H2;3,8H,2,5H2,1H3,(H,6,7);2H,1H3;1H4/t11-;;3-;;/m1.1../s1. The van der Waals surface area contributed by atoms with Crippen LogP contribution in [0.3, 0.4) is 0 Å². The van der Waals surface area contributed by atoms with E-state index in [1.165, 1.54) is 76.8 Å². The molecule has 2 aliphatic carbocycles. The van der Waals surface area contributed by atoms with E-state index in [1.54, 1.807) is 37.2 Å². The molecule has 2 atom stereocenters. The summed E-state index contributed by atoms with van der Waals surface area (Å²) in [6.45, 7) is 0. The highest BCUT2D eigenvalue weighted by Crippen LogP contribution is 2.34. The number of nitriles is 1. The molecular weight excluding hydrogens is 659 g/mol. The number of benzene rings is 2. The van der Waals surface area contributed by atoms with Crippen LogP contribution in [0, 0.1) is 11.3 Å². The van der Waals surface area contributed by atoms with Crippen molar-refractivity contribution in [2.24, 2.45) is 10.7 Å². The predicted molar refractivity (Wildman–Crippen MR) is 196 cm³/mol. The van der Waals surface area contributed by atoms with Gasteiger partial charge in [0.25, 0.3) is 0 Å². The van der Waals surface area contributed by atoms with Crippen LogP contribution in [0.15, 0.2) is 29.3 Å². The van der Waals surface area contributed by atoms with Crippen LogP contribution in [0.4, 0.5) is 0 Å². The number of nitrogens with two attached hydrogens (primary N) is 1. The second-order valence-corrected chi connectivity index (χ2v) is 13.7. The molecule has 0 radical (unpaired) electrons. The van der Waals surface area contributed by atoms with Crippen LogP contribution < -0.4 is 16.4 Å². The smallest absolute Gasteiger partial charge is 0.245 e. The summed E-state index contributed by atoms with van der Waals surface area (Å²) in [7, 11) is 4.20. The number of aryl methyl sites for hydroxylation is 4. The van der Waals surface area contributed by atoms with Gasteiger partial charge in [0.15, 0.2) is 5.01 Å². The Morgan fingerprint density at radius 2 is 1.52 bits per heavy atom. The molecule has 246 valence electrons. The largest absolute Gasteiger partial charge is 0.400 e. The quantitative estimate of drug-likeness (QED) is 0.197. The zero-order valence-electron chi connectivity index (χ0n) is 25.4. The number of rotatable bonds is 4. The fourth-order valence-corrected chi connectivity index (χ4v) is 8.28. The Balaban J connectivity index is 0.000000200. The van der Waals surface area contributed by atoms with E-state index in [0.717, 1.165) is 32.9 Å². The van der Waals surface area contributed by atoms with Gasteiger partial charge in [-0.1, -0.05) is 7.43 Å². The molecule has 0 saturated carbocycles. The molecule has 2 aromatic carbocycles. The second-order valence-electron chi connectivity index (χ2n) is 10.3. The summed E-state index contributed by atoms with van der Waals surface area (Å²) < 4.78 is 2.39. The van der Waals surface area contributed by atoms with Crippen molar-refractivity contribution in [2.45, 2.75) is 58.0 Å². The van der Waals surface area contributed by atoms with Gasteiger partial charge >= 0.3 is 0 Å². The van der Waals surface area contributed by atoms with Gasteiger partial charge in [0.2, 0.25) is 11.8 Å². The van der Waals surface area contributed by atoms with Gasteiger partial charge < -0.3 is 21.5 Å². The van der Waals surface area contributed by atoms with Crippen molar-refractivity contribution in [2.75, 3.05) is 32.7 Å². The summed E-state index contributed by atoms with van der Waals surface area (Å²) in [6.07, 6.45) is 7.24. The minimum absolute atomic E-state index is 0. The highest BCUT2D eigenvalue weighted by atomic mass is 32.2. The Kier molecular flexibility index (Phi) is 14.4. The lowest BCUT2D eigenvalue weighted by Gasteiger charge is -2.03. The average molecular weight is 700 g/mol. The SMILES string of the molecule is C.CNC(=O)[C@H](N)CS.CNC(=O)[C@H]1CSC(c2nc3cc4c(cc3s2)CCC4)=N1.CO.N#Cc1nc2cc3c(cc2s1)CCC3. The third-order valence-electron chi connectivity index (χ3n) is 7.46. The van der Waals surface area contributed by atoms with Crippen LogP contribution in [-0.2, 0) is 35.3 Å². The molecule has 0 saturated heterocycles. The van der Waals surface area contributed by atoms with Crippen LogP contribution in [0.25, 0.3) is 20.4 Å². The van der Waals surface area contributed by atoms with Gasteiger partial charge in [0.1, 0.15) is 22.2 Å². The first-order chi connectivity index (χ1) is 21.8. The number of thioether (sulfide) groups is 1. The number of likely N-dealkylation sites (N-methyl/N-ethyl adjacent to an activating group) is 2. The second kappa shape index (κ2) is 17.7. The minimum Gasteiger partial charge on any atom is -0.400 e. The molecule has 3 aliphatic rings. The lowest BCUT2D eigenvalue weighted by Crippen LogP contribution is -2.39. The number of thiol groups is 1. The molecule has 0 fully saturated rings. The number of carbonyl (C=O) groups is 2. The maximum atomic E-state index is 11.7. The number of aliphatic hydroxyl groups excluding tert-OH is 1. The fraction of sp³-hybridized carbons (Fsp3) is 0.438. The molecule has 0 spiro atoms. The van der Waals surface area contributed by atoms with E-state index in [0.29, 0.717) is 16.5 Å². The van der Waals surface area contributed by atoms with Gasteiger partial charge in [-0.3, -0.25) is 14.6 Å². The number of aliphatic imine (C=N–C) groups is 1. The Bertz CT molecular complexity index is 1660. The summed E-state index contributed by atoms with van der Waals surface area (Å²) in [5.74, 6) is 0.916. The number of hydrogen-bond donors (Lipinski definition) is 5. The molecule has 2 amide bonds. The summed E-state index contributed by atoms with van der Waals surface area (Å²) in [5, 5.41) is 23.2. The monoisotopic (exact) mass is 699 g/mol. The number of nitrogens with one attached hydrogen (secondary N) is 2. The third-order valence-corrected chi connectivity index (χ3v) is 11.0. The first kappa shape index (κ1) is 37.4. The van der Waals surface area contributed by atoms with Crippen molar-refractivity contribution in [3.8, 4) is 6.07 Å². The number of aromatic nitrogens is 2. The number of fused-ring (bicyclic) bond motifs is 4. The van der Waals surface area contributed by atoms with E-state index in [-0.39, 0.29) is 25.3 Å². The molecule has 2 aromatic heterocycles. The lowest BCUT2D eigenvalue weighted by molar-refractivity contribution is -0.122. The first-order valence-corrected chi connectivity index (χ1v) is 17.8. The maximum Gasteiger partial charge on any atom is 0.245 e. The van der Waals surface area contributed by atoms with Crippen molar-refractivity contribution < 1.29 is 14.7 Å². The van der Waals surface area contributed by atoms with E-state index in [4.69, 9.17) is 21.1 Å². The zero-order chi connectivity index (χ0) is 32.5. The van der Waals surface area contributed by atoms with Gasteiger partial charge in [-0.05, 0) is 85.0 Å². The van der Waals surface area contributed by atoms with Crippen LogP contribution in [0.1, 0.15) is 52.5 Å². The summed E-state index contributed by atoms with van der Waals surface area (Å²) in [6, 6.07) is 10.2. The van der Waals surface area contributed by atoms with E-state index in [2.05, 4.69) is 63.6 Å². The molecule has 14 heteroatoms. The molecule has 0 bridgehead atoms. The molecule has 10 nitrogen and oxygen atoms in total. The molecule has 3 heterocycles. The van der Waals surface area contributed by atoms with Crippen molar-refractivity contribution in [3.05, 3.63) is 56.5 Å². The minimum atomic E-state index is -0.469. The number of nitrogens with zero attached hydrogens (tertiary/aromatic N) is 4. The number of thiazole rings is 2. The fourth-order valence-electron chi connectivity index (χ4n) is 5.19. The van der Waals surface area contributed by atoms with Gasteiger partial charge in [0, 0.05) is 32.7 Å². The zero-order valence-corrected chi connectivity index (χ0v) is 28.8. The molecule has 1 aliphatic heterocycles. The van der Waals surface area contributed by atoms with E-state index >= 15 is 0 Å². The molecule has 7 rings (SSSR count). The van der Waals surface area contributed by atoms with Gasteiger partial charge in [-0.15, -0.1) is 34.4 Å². The highest BCUT2D eigenvalue weighted by molar-refractivity contribution is 8.15. The van der Waals surface area contributed by atoms with Crippen molar-refractivity contribution in [1.82, 2.24) is 20.6 Å². The molecular formula is C32H41N7O3S4. The Labute approximate surface area is 287 Å². The average Bonchev–Trinajstić information content (AvgIpc) is 3.91. The number of amides is 2. The van der Waals surface area contributed by atoms with Crippen LogP contribution >= 0.6 is 47.1 Å².